The molecule has 1 unspecified atom stereocenters. The molecule has 1 aliphatic carbocycles. The van der Waals surface area contributed by atoms with Gasteiger partial charge in [0.25, 0.3) is 0 Å². The van der Waals surface area contributed by atoms with Crippen molar-refractivity contribution < 1.29 is 9.53 Å². The van der Waals surface area contributed by atoms with Crippen molar-refractivity contribution in [3.05, 3.63) is 94.7 Å². The Bertz CT molecular complexity index is 1550. The van der Waals surface area contributed by atoms with Gasteiger partial charge in [0, 0.05) is 36.6 Å². The van der Waals surface area contributed by atoms with Gasteiger partial charge in [-0.3, -0.25) is 14.8 Å². The first-order valence-electron chi connectivity index (χ1n) is 13.5. The number of aromatic amines is 1. The van der Waals surface area contributed by atoms with Gasteiger partial charge in [-0.25, -0.2) is 0 Å². The van der Waals surface area contributed by atoms with Crippen LogP contribution >= 0.6 is 0 Å². The number of H-pyrrole nitrogens is 1. The zero-order valence-electron chi connectivity index (χ0n) is 21.8. The highest BCUT2D eigenvalue weighted by atomic mass is 16.5. The predicted octanol–water partition coefficient (Wildman–Crippen LogP) is 5.72. The number of amides is 1. The lowest BCUT2D eigenvalue weighted by molar-refractivity contribution is -0.118. The number of hydrogen-bond acceptors (Lipinski definition) is 4. The predicted molar refractivity (Wildman–Crippen MR) is 151 cm³/mol. The number of carbonyl (C=O) groups excluding carboxylic acids is 1. The zero-order chi connectivity index (χ0) is 25.9. The first-order chi connectivity index (χ1) is 18.5. The van der Waals surface area contributed by atoms with E-state index in [1.54, 1.807) is 0 Å². The minimum Gasteiger partial charge on any atom is -0.373 e. The highest BCUT2D eigenvalue weighted by Gasteiger charge is 2.65. The summed E-state index contributed by atoms with van der Waals surface area (Å²) in [4.78, 5) is 15.4. The smallest absolute Gasteiger partial charge is 0.235 e. The van der Waals surface area contributed by atoms with E-state index in [0.717, 1.165) is 59.5 Å². The number of ether oxygens (including phenoxy) is 1. The number of nitrogens with zero attached hydrogens (tertiary/aromatic N) is 2. The zero-order valence-corrected chi connectivity index (χ0v) is 21.8. The van der Waals surface area contributed by atoms with Crippen molar-refractivity contribution in [2.75, 3.05) is 18.4 Å². The highest BCUT2D eigenvalue weighted by Crippen LogP contribution is 2.64. The number of fused-ring (bicyclic) bond motifs is 3. The van der Waals surface area contributed by atoms with Gasteiger partial charge in [0.15, 0.2) is 0 Å². The van der Waals surface area contributed by atoms with Crippen molar-refractivity contribution in [2.45, 2.75) is 50.4 Å². The molecule has 1 saturated carbocycles. The maximum Gasteiger partial charge on any atom is 0.235 e. The van der Waals surface area contributed by atoms with E-state index < -0.39 is 5.41 Å². The van der Waals surface area contributed by atoms with Crippen molar-refractivity contribution in [2.24, 2.45) is 0 Å². The molecule has 1 spiro atoms. The number of aromatic nitrogens is 2. The lowest BCUT2D eigenvalue weighted by Gasteiger charge is -2.35. The standard InChI is InChI=1S/C32H32N4O2/c1-20-17-36(18-21(2)38-20)19-23-9-7-22(8-10-23)11-14-28-25-13-12-24(15-30(25)35-34-28)27-16-32(27)26-5-3-4-6-29(26)33-31(32)37/h3-15,20-21,27H,16-19H2,1-2H3,(H,33,37)(H,34,35)/b14-11+/t20-,21+,27-,32?/m0/s1. The average Bonchev–Trinajstić information content (AvgIpc) is 3.44. The van der Waals surface area contributed by atoms with Crippen molar-refractivity contribution in [1.82, 2.24) is 15.1 Å². The number of benzene rings is 3. The molecule has 1 saturated heterocycles. The Kier molecular flexibility index (Phi) is 5.49. The molecule has 4 aromatic rings. The molecule has 38 heavy (non-hydrogen) atoms. The Balaban J connectivity index is 1.05. The Hall–Kier alpha value is -3.74. The Morgan fingerprint density at radius 3 is 2.63 bits per heavy atom. The third kappa shape index (κ3) is 3.96. The van der Waals surface area contributed by atoms with E-state index in [1.807, 2.05) is 18.2 Å². The second-order valence-electron chi connectivity index (χ2n) is 11.2. The maximum absolute atomic E-state index is 12.9. The van der Waals surface area contributed by atoms with Crippen LogP contribution in [-0.2, 0) is 21.5 Å². The summed E-state index contributed by atoms with van der Waals surface area (Å²) in [6.07, 6.45) is 5.59. The summed E-state index contributed by atoms with van der Waals surface area (Å²) in [5.74, 6) is 0.317. The second kappa shape index (κ2) is 8.93. The maximum atomic E-state index is 12.9. The number of para-hydroxylation sites is 1. The Labute approximate surface area is 222 Å². The first-order valence-corrected chi connectivity index (χ1v) is 13.5. The fraction of sp³-hybridized carbons (Fsp3) is 0.312. The van der Waals surface area contributed by atoms with Gasteiger partial charge in [0.2, 0.25) is 5.91 Å². The van der Waals surface area contributed by atoms with E-state index in [1.165, 1.54) is 11.1 Å². The Morgan fingerprint density at radius 1 is 1.03 bits per heavy atom. The van der Waals surface area contributed by atoms with Crippen LogP contribution < -0.4 is 5.32 Å². The molecule has 6 heteroatoms. The van der Waals surface area contributed by atoms with Crippen molar-refractivity contribution >= 4 is 34.6 Å². The highest BCUT2D eigenvalue weighted by molar-refractivity contribution is 6.09. The summed E-state index contributed by atoms with van der Waals surface area (Å²) in [6, 6.07) is 23.3. The number of morpholine rings is 1. The van der Waals surface area contributed by atoms with Gasteiger partial charge in [-0.15, -0.1) is 0 Å². The van der Waals surface area contributed by atoms with Crippen LogP contribution in [0.4, 0.5) is 5.69 Å². The topological polar surface area (TPSA) is 70.2 Å². The summed E-state index contributed by atoms with van der Waals surface area (Å²) in [5, 5.41) is 11.9. The molecule has 3 heterocycles. The summed E-state index contributed by atoms with van der Waals surface area (Å²) in [7, 11) is 0. The molecule has 3 aromatic carbocycles. The van der Waals surface area contributed by atoms with Crippen LogP contribution in [0.5, 0.6) is 0 Å². The van der Waals surface area contributed by atoms with Gasteiger partial charge < -0.3 is 10.1 Å². The molecule has 7 rings (SSSR count). The molecule has 0 radical (unpaired) electrons. The molecule has 192 valence electrons. The third-order valence-corrected chi connectivity index (χ3v) is 8.36. The summed E-state index contributed by atoms with van der Waals surface area (Å²) in [6.45, 7) is 7.19. The van der Waals surface area contributed by atoms with Crippen molar-refractivity contribution in [1.29, 1.82) is 0 Å². The molecule has 1 amide bonds. The molecular weight excluding hydrogens is 472 g/mol. The van der Waals surface area contributed by atoms with Gasteiger partial charge >= 0.3 is 0 Å². The molecule has 2 fully saturated rings. The van der Waals surface area contributed by atoms with Crippen LogP contribution in [0.1, 0.15) is 54.1 Å². The lowest BCUT2D eigenvalue weighted by Crippen LogP contribution is -2.44. The molecule has 1 aromatic heterocycles. The molecule has 3 aliphatic rings. The lowest BCUT2D eigenvalue weighted by atomic mass is 9.92. The summed E-state index contributed by atoms with van der Waals surface area (Å²) >= 11 is 0. The quantitative estimate of drug-likeness (QED) is 0.365. The van der Waals surface area contributed by atoms with Crippen LogP contribution in [0.25, 0.3) is 23.1 Å². The van der Waals surface area contributed by atoms with Gasteiger partial charge in [-0.1, -0.05) is 60.7 Å². The molecule has 6 nitrogen and oxygen atoms in total. The number of nitrogens with one attached hydrogen (secondary N) is 2. The monoisotopic (exact) mass is 504 g/mol. The van der Waals surface area contributed by atoms with Crippen LogP contribution in [0, 0.1) is 0 Å². The molecule has 2 N–H and O–H groups in total. The minimum absolute atomic E-state index is 0.122. The summed E-state index contributed by atoms with van der Waals surface area (Å²) in [5.41, 5.74) is 7.23. The largest absolute Gasteiger partial charge is 0.373 e. The molecule has 0 bridgehead atoms. The van der Waals surface area contributed by atoms with Gasteiger partial charge in [0.05, 0.1) is 28.8 Å². The number of rotatable bonds is 5. The number of hydrogen-bond donors (Lipinski definition) is 2. The number of anilines is 1. The minimum atomic E-state index is -0.419. The normalized spacial score (nSPS) is 26.8. The van der Waals surface area contributed by atoms with Crippen molar-refractivity contribution in [3.63, 3.8) is 0 Å². The first kappa shape index (κ1) is 23.4. The molecule has 4 atom stereocenters. The van der Waals surface area contributed by atoms with Gasteiger partial charge in [-0.05, 0) is 60.7 Å². The molecular formula is C32H32N4O2. The van der Waals surface area contributed by atoms with Crippen molar-refractivity contribution in [3.8, 4) is 0 Å². The van der Waals surface area contributed by atoms with Crippen LogP contribution in [0.3, 0.4) is 0 Å². The second-order valence-corrected chi connectivity index (χ2v) is 11.2. The SMILES string of the molecule is C[C@@H]1CN(Cc2ccc(/C=C/c3n[nH]c4cc([C@@H]5CC56C(=O)Nc5ccccc56)ccc34)cc2)C[C@H](C)O1. The fourth-order valence-electron chi connectivity index (χ4n) is 6.53. The van der Waals surface area contributed by atoms with Crippen LogP contribution in [0.2, 0.25) is 0 Å². The van der Waals surface area contributed by atoms with E-state index in [9.17, 15) is 4.79 Å². The third-order valence-electron chi connectivity index (χ3n) is 8.36. The van der Waals surface area contributed by atoms with E-state index >= 15 is 0 Å². The van der Waals surface area contributed by atoms with Crippen LogP contribution in [-0.4, -0.2) is 46.3 Å². The van der Waals surface area contributed by atoms with E-state index in [0.29, 0.717) is 0 Å². The molecule has 2 aliphatic heterocycles. The fourth-order valence-corrected chi connectivity index (χ4v) is 6.53. The Morgan fingerprint density at radius 2 is 1.82 bits per heavy atom. The number of carbonyl (C=O) groups is 1. The van der Waals surface area contributed by atoms with E-state index in [-0.39, 0.29) is 24.0 Å². The van der Waals surface area contributed by atoms with Gasteiger partial charge in [0.1, 0.15) is 0 Å². The average molecular weight is 505 g/mol. The van der Waals surface area contributed by atoms with E-state index in [2.05, 4.69) is 94.9 Å². The summed E-state index contributed by atoms with van der Waals surface area (Å²) < 4.78 is 5.86. The van der Waals surface area contributed by atoms with Gasteiger partial charge in [-0.2, -0.15) is 5.10 Å². The van der Waals surface area contributed by atoms with E-state index in [4.69, 9.17) is 4.74 Å². The van der Waals surface area contributed by atoms with Crippen LogP contribution in [0.15, 0.2) is 66.7 Å².